The molecule has 1 fully saturated rings. The van der Waals surface area contributed by atoms with E-state index in [9.17, 15) is 4.79 Å². The van der Waals surface area contributed by atoms with Crippen LogP contribution in [-0.4, -0.2) is 21.2 Å². The highest BCUT2D eigenvalue weighted by molar-refractivity contribution is 6.74. The molecule has 2 nitrogen and oxygen atoms in total. The van der Waals surface area contributed by atoms with Gasteiger partial charge in [0.2, 0.25) is 0 Å². The highest BCUT2D eigenvalue weighted by Gasteiger charge is 2.46. The quantitative estimate of drug-likeness (QED) is 0.463. The van der Waals surface area contributed by atoms with E-state index in [2.05, 4.69) is 47.7 Å². The molecule has 1 saturated carbocycles. The van der Waals surface area contributed by atoms with Crippen LogP contribution in [0.25, 0.3) is 0 Å². The zero-order valence-corrected chi connectivity index (χ0v) is 16.3. The molecule has 0 aromatic rings. The van der Waals surface area contributed by atoms with Gasteiger partial charge in [-0.2, -0.15) is 0 Å². The predicted octanol–water partition coefficient (Wildman–Crippen LogP) is 5.43. The molecule has 1 aliphatic carbocycles. The molecule has 0 aliphatic heterocycles. The highest BCUT2D eigenvalue weighted by atomic mass is 28.4. The van der Waals surface area contributed by atoms with Gasteiger partial charge in [0, 0.05) is 13.0 Å². The monoisotopic (exact) mass is 312 g/mol. The van der Waals surface area contributed by atoms with E-state index in [1.54, 1.807) is 0 Å². The molecule has 0 saturated heterocycles. The Kier molecular flexibility index (Phi) is 6.25. The van der Waals surface area contributed by atoms with Crippen molar-refractivity contribution in [1.29, 1.82) is 0 Å². The van der Waals surface area contributed by atoms with E-state index >= 15 is 0 Å². The fourth-order valence-corrected chi connectivity index (χ4v) is 4.63. The number of hydrogen-bond donors (Lipinski definition) is 0. The Morgan fingerprint density at radius 1 is 1.33 bits per heavy atom. The van der Waals surface area contributed by atoms with Gasteiger partial charge in [-0.05, 0) is 48.2 Å². The zero-order valence-electron chi connectivity index (χ0n) is 15.3. The molecular formula is C18H36O2Si. The van der Waals surface area contributed by atoms with Crippen LogP contribution in [0.4, 0.5) is 0 Å². The summed E-state index contributed by atoms with van der Waals surface area (Å²) in [5.41, 5.74) is 0.191. The number of rotatable bonds is 7. The minimum atomic E-state index is -1.70. The Labute approximate surface area is 133 Å². The van der Waals surface area contributed by atoms with Crippen LogP contribution in [-0.2, 0) is 9.22 Å². The van der Waals surface area contributed by atoms with Gasteiger partial charge in [0.15, 0.2) is 8.32 Å². The largest absolute Gasteiger partial charge is 0.416 e. The Balaban J connectivity index is 2.77. The molecule has 0 aromatic carbocycles. The molecule has 0 heterocycles. The molecule has 3 atom stereocenters. The lowest BCUT2D eigenvalue weighted by Gasteiger charge is -2.41. The topological polar surface area (TPSA) is 26.3 Å². The Morgan fingerprint density at radius 2 is 1.95 bits per heavy atom. The average molecular weight is 313 g/mol. The molecule has 3 heteroatoms. The van der Waals surface area contributed by atoms with E-state index in [4.69, 9.17) is 4.43 Å². The van der Waals surface area contributed by atoms with Crippen molar-refractivity contribution in [3.63, 3.8) is 0 Å². The molecule has 0 aromatic heterocycles. The summed E-state index contributed by atoms with van der Waals surface area (Å²) < 4.78 is 6.51. The Hall–Kier alpha value is -0.153. The van der Waals surface area contributed by atoms with Crippen molar-refractivity contribution in [2.75, 3.05) is 6.61 Å². The van der Waals surface area contributed by atoms with Crippen LogP contribution in [0.5, 0.6) is 0 Å². The Morgan fingerprint density at radius 3 is 2.43 bits per heavy atom. The third kappa shape index (κ3) is 4.41. The molecular weight excluding hydrogens is 276 g/mol. The maximum absolute atomic E-state index is 11.1. The molecule has 21 heavy (non-hydrogen) atoms. The first kappa shape index (κ1) is 18.9. The summed E-state index contributed by atoms with van der Waals surface area (Å²) in [5.74, 6) is 1.23. The summed E-state index contributed by atoms with van der Waals surface area (Å²) in [7, 11) is -1.70. The maximum atomic E-state index is 11.1. The average Bonchev–Trinajstić information content (AvgIpc) is 2.66. The second-order valence-corrected chi connectivity index (χ2v) is 13.6. The van der Waals surface area contributed by atoms with Crippen LogP contribution in [0.2, 0.25) is 18.1 Å². The number of hydrogen-bond acceptors (Lipinski definition) is 2. The SMILES string of the molecule is CCC[C@H]1CC[C@](C)(CO[Si](C)(C)C(C)(C)C)[C@H]1CC=O. The van der Waals surface area contributed by atoms with Gasteiger partial charge in [-0.1, -0.05) is 47.5 Å². The molecule has 0 spiro atoms. The van der Waals surface area contributed by atoms with Gasteiger partial charge in [0.1, 0.15) is 6.29 Å². The first-order valence-electron chi connectivity index (χ1n) is 8.65. The van der Waals surface area contributed by atoms with E-state index < -0.39 is 8.32 Å². The number of aldehydes is 1. The van der Waals surface area contributed by atoms with Crippen molar-refractivity contribution < 1.29 is 9.22 Å². The third-order valence-electron chi connectivity index (χ3n) is 6.13. The number of carbonyl (C=O) groups excluding carboxylic acids is 1. The van der Waals surface area contributed by atoms with Crippen LogP contribution in [0, 0.1) is 17.3 Å². The standard InChI is InChI=1S/C18H36O2Si/c1-8-9-15-10-12-18(5,16(15)11-13-19)14-20-21(6,7)17(2,3)4/h13,15-16H,8-12,14H2,1-7H3/t15-,16-,18+/m0/s1. The van der Waals surface area contributed by atoms with Crippen LogP contribution in [0.1, 0.15) is 66.7 Å². The van der Waals surface area contributed by atoms with Gasteiger partial charge < -0.3 is 9.22 Å². The summed E-state index contributed by atoms with van der Waals surface area (Å²) >= 11 is 0. The minimum absolute atomic E-state index is 0.191. The molecule has 0 unspecified atom stereocenters. The first-order valence-corrected chi connectivity index (χ1v) is 11.6. The van der Waals surface area contributed by atoms with Crippen LogP contribution in [0.15, 0.2) is 0 Å². The third-order valence-corrected chi connectivity index (χ3v) is 10.6. The van der Waals surface area contributed by atoms with E-state index in [1.807, 2.05) is 0 Å². The van der Waals surface area contributed by atoms with E-state index in [1.165, 1.54) is 25.7 Å². The molecule has 0 radical (unpaired) electrons. The second kappa shape index (κ2) is 6.95. The molecule has 0 amide bonds. The van der Waals surface area contributed by atoms with E-state index in [0.29, 0.717) is 18.3 Å². The van der Waals surface area contributed by atoms with Gasteiger partial charge in [0.25, 0.3) is 0 Å². The molecule has 1 aliphatic rings. The van der Waals surface area contributed by atoms with Gasteiger partial charge in [-0.25, -0.2) is 0 Å². The molecule has 1 rings (SSSR count). The summed E-state index contributed by atoms with van der Waals surface area (Å²) in [6, 6.07) is 0. The molecule has 0 bridgehead atoms. The van der Waals surface area contributed by atoms with Crippen molar-refractivity contribution in [2.45, 2.75) is 84.9 Å². The Bertz CT molecular complexity index is 346. The van der Waals surface area contributed by atoms with Crippen molar-refractivity contribution in [2.24, 2.45) is 17.3 Å². The summed E-state index contributed by atoms with van der Waals surface area (Å²) in [6.45, 7) is 17.0. The maximum Gasteiger partial charge on any atom is 0.192 e. The van der Waals surface area contributed by atoms with Crippen LogP contribution >= 0.6 is 0 Å². The van der Waals surface area contributed by atoms with E-state index in [-0.39, 0.29) is 10.5 Å². The lowest BCUT2D eigenvalue weighted by atomic mass is 9.75. The van der Waals surface area contributed by atoms with Crippen LogP contribution < -0.4 is 0 Å². The zero-order chi connectivity index (χ0) is 16.3. The summed E-state index contributed by atoms with van der Waals surface area (Å²) in [6.07, 6.45) is 6.80. The minimum Gasteiger partial charge on any atom is -0.416 e. The molecule has 0 N–H and O–H groups in total. The van der Waals surface area contributed by atoms with Crippen molar-refractivity contribution >= 4 is 14.6 Å². The lowest BCUT2D eigenvalue weighted by Crippen LogP contribution is -2.44. The highest BCUT2D eigenvalue weighted by Crippen LogP contribution is 2.51. The van der Waals surface area contributed by atoms with Gasteiger partial charge in [0.05, 0.1) is 0 Å². The fraction of sp³-hybridized carbons (Fsp3) is 0.944. The van der Waals surface area contributed by atoms with Crippen LogP contribution in [0.3, 0.4) is 0 Å². The summed E-state index contributed by atoms with van der Waals surface area (Å²) in [4.78, 5) is 11.1. The molecule has 124 valence electrons. The van der Waals surface area contributed by atoms with Gasteiger partial charge in [-0.3, -0.25) is 0 Å². The lowest BCUT2D eigenvalue weighted by molar-refractivity contribution is -0.109. The number of carbonyl (C=O) groups is 1. The first-order chi connectivity index (χ1) is 9.57. The van der Waals surface area contributed by atoms with E-state index in [0.717, 1.165) is 12.9 Å². The normalized spacial score (nSPS) is 30.6. The van der Waals surface area contributed by atoms with Gasteiger partial charge in [-0.15, -0.1) is 0 Å². The van der Waals surface area contributed by atoms with Crippen molar-refractivity contribution in [3.8, 4) is 0 Å². The second-order valence-electron chi connectivity index (χ2n) is 8.80. The summed E-state index contributed by atoms with van der Waals surface area (Å²) in [5, 5.41) is 0.255. The van der Waals surface area contributed by atoms with Crippen molar-refractivity contribution in [3.05, 3.63) is 0 Å². The fourth-order valence-electron chi connectivity index (χ4n) is 3.51. The van der Waals surface area contributed by atoms with Crippen molar-refractivity contribution in [1.82, 2.24) is 0 Å². The smallest absolute Gasteiger partial charge is 0.192 e. The van der Waals surface area contributed by atoms with Gasteiger partial charge >= 0.3 is 0 Å². The predicted molar refractivity (Wildman–Crippen MR) is 93.1 cm³/mol.